The van der Waals surface area contributed by atoms with E-state index in [9.17, 15) is 29.4 Å². The number of amides is 2. The average Bonchev–Trinajstić information content (AvgIpc) is 3.53. The number of carbonyl (C=O) groups excluding carboxylic acids is 2. The number of aliphatic carboxylic acids is 2. The van der Waals surface area contributed by atoms with Gasteiger partial charge in [-0.05, 0) is 34.6 Å². The van der Waals surface area contributed by atoms with Crippen LogP contribution in [0.3, 0.4) is 0 Å². The molecule has 38 heavy (non-hydrogen) atoms. The molecule has 1 saturated carbocycles. The summed E-state index contributed by atoms with van der Waals surface area (Å²) < 4.78 is 6.72. The molecule has 0 bridgehead atoms. The van der Waals surface area contributed by atoms with Gasteiger partial charge in [0, 0.05) is 31.4 Å². The van der Waals surface area contributed by atoms with E-state index in [2.05, 4.69) is 26.0 Å². The number of thioether (sulfide) groups is 2. The molecule has 0 unspecified atom stereocenters. The molecule has 1 aliphatic carbocycles. The smallest absolute Gasteiger partial charge is 0.352 e. The van der Waals surface area contributed by atoms with E-state index in [-0.39, 0.29) is 35.8 Å². The molecule has 4 heterocycles. The second kappa shape index (κ2) is 10.1. The number of carboxylic acid groups (broad SMARTS) is 2. The van der Waals surface area contributed by atoms with E-state index in [1.165, 1.54) is 46.6 Å². The maximum absolute atomic E-state index is 13.1. The lowest BCUT2D eigenvalue weighted by Crippen LogP contribution is -2.71. The average molecular weight is 564 g/mol. The van der Waals surface area contributed by atoms with Crippen LogP contribution in [0.2, 0.25) is 0 Å². The first kappa shape index (κ1) is 25.8. The molecular weight excluding hydrogens is 542 g/mol. The van der Waals surface area contributed by atoms with E-state index < -0.39 is 40.8 Å². The van der Waals surface area contributed by atoms with Crippen LogP contribution >= 0.6 is 23.5 Å². The number of hydrogen-bond acceptors (Lipinski definition) is 12. The molecule has 3 aliphatic rings. The Kier molecular flexibility index (Phi) is 6.87. The van der Waals surface area contributed by atoms with E-state index in [0.717, 1.165) is 4.90 Å². The molecule has 2 aromatic heterocycles. The van der Waals surface area contributed by atoms with Crippen LogP contribution in [0.15, 0.2) is 44.4 Å². The van der Waals surface area contributed by atoms with Crippen molar-refractivity contribution in [1.82, 2.24) is 30.4 Å². The van der Waals surface area contributed by atoms with Crippen molar-refractivity contribution in [1.29, 1.82) is 0 Å². The predicted octanol–water partition coefficient (Wildman–Crippen LogP) is 0.0620. The Morgan fingerprint density at radius 1 is 1.37 bits per heavy atom. The Labute approximate surface area is 222 Å². The quantitative estimate of drug-likeness (QED) is 0.152. The topological polar surface area (TPSA) is 202 Å². The van der Waals surface area contributed by atoms with Crippen molar-refractivity contribution in [2.75, 3.05) is 11.5 Å². The summed E-state index contributed by atoms with van der Waals surface area (Å²) >= 11 is 2.55. The number of carbonyl (C=O) groups is 4. The number of hydrogen-bond donors (Lipinski definition) is 3. The SMILES string of the molecule is Cn1nnnc1SCC1=C(C(=O)O)N2C(=O)[C@@H](NC(=O)C(=NOC3(C(=O)O)CCC3)c3ccco3)[C@H]2SC1. The zero-order chi connectivity index (χ0) is 27.0. The van der Waals surface area contributed by atoms with Gasteiger partial charge in [-0.25, -0.2) is 14.3 Å². The minimum Gasteiger partial charge on any atom is -0.478 e. The molecule has 200 valence electrons. The van der Waals surface area contributed by atoms with Crippen LogP contribution < -0.4 is 5.32 Å². The van der Waals surface area contributed by atoms with Crippen molar-refractivity contribution in [2.24, 2.45) is 12.2 Å². The molecular formula is C21H21N7O8S2. The maximum atomic E-state index is 13.1. The van der Waals surface area contributed by atoms with Gasteiger partial charge in [0.1, 0.15) is 17.1 Å². The predicted molar refractivity (Wildman–Crippen MR) is 130 cm³/mol. The standard InChI is InChI=1S/C21H21N7O8S2/c1-27-20(23-25-26-27)38-9-10-8-37-17-13(16(30)28(17)14(10)18(31)32)22-15(29)12(11-4-2-7-35-11)24-36-21(19(33)34)5-3-6-21/h2,4,7,13,17H,3,5-6,8-9H2,1H3,(H,22,29)(H,31,32)(H,33,34)/t13-,17-/m1/s1. The van der Waals surface area contributed by atoms with Gasteiger partial charge in [-0.2, -0.15) is 0 Å². The molecule has 2 atom stereocenters. The minimum atomic E-state index is -1.52. The molecule has 1 saturated heterocycles. The second-order valence-corrected chi connectivity index (χ2v) is 10.7. The Bertz CT molecular complexity index is 1350. The van der Waals surface area contributed by atoms with Crippen LogP contribution in [0.4, 0.5) is 0 Å². The summed E-state index contributed by atoms with van der Waals surface area (Å²) in [6.45, 7) is 0. The Balaban J connectivity index is 1.31. The van der Waals surface area contributed by atoms with E-state index in [1.807, 2.05) is 0 Å². The fourth-order valence-electron chi connectivity index (χ4n) is 4.09. The monoisotopic (exact) mass is 563 g/mol. The van der Waals surface area contributed by atoms with Crippen LogP contribution in [0, 0.1) is 0 Å². The number of rotatable bonds is 10. The number of carboxylic acids is 2. The minimum absolute atomic E-state index is 0.0194. The highest BCUT2D eigenvalue weighted by molar-refractivity contribution is 8.01. The lowest BCUT2D eigenvalue weighted by atomic mass is 9.80. The van der Waals surface area contributed by atoms with Crippen molar-refractivity contribution >= 4 is 53.0 Å². The van der Waals surface area contributed by atoms with E-state index in [1.54, 1.807) is 7.05 Å². The lowest BCUT2D eigenvalue weighted by Gasteiger charge is -2.49. The van der Waals surface area contributed by atoms with Crippen molar-refractivity contribution in [3.63, 3.8) is 0 Å². The van der Waals surface area contributed by atoms with Crippen LogP contribution in [0.1, 0.15) is 25.0 Å². The molecule has 2 aromatic rings. The molecule has 2 fully saturated rings. The lowest BCUT2D eigenvalue weighted by molar-refractivity contribution is -0.178. The third-order valence-corrected chi connectivity index (χ3v) is 8.76. The van der Waals surface area contributed by atoms with Gasteiger partial charge in [-0.3, -0.25) is 14.5 Å². The van der Waals surface area contributed by atoms with Crippen LogP contribution in [0.5, 0.6) is 0 Å². The number of tetrazole rings is 1. The first-order chi connectivity index (χ1) is 18.2. The normalized spacial score (nSPS) is 22.3. The van der Waals surface area contributed by atoms with Gasteiger partial charge in [0.05, 0.1) is 6.26 Å². The summed E-state index contributed by atoms with van der Waals surface area (Å²) in [5.74, 6) is -3.28. The fraction of sp³-hybridized carbons (Fsp3) is 0.429. The van der Waals surface area contributed by atoms with Crippen LogP contribution in [-0.2, 0) is 31.1 Å². The van der Waals surface area contributed by atoms with E-state index in [0.29, 0.717) is 22.9 Å². The largest absolute Gasteiger partial charge is 0.478 e. The zero-order valence-corrected chi connectivity index (χ0v) is 21.4. The highest BCUT2D eigenvalue weighted by atomic mass is 32.2. The first-order valence-electron chi connectivity index (χ1n) is 11.3. The van der Waals surface area contributed by atoms with E-state index in [4.69, 9.17) is 9.25 Å². The summed E-state index contributed by atoms with van der Waals surface area (Å²) in [5, 5.41) is 36.7. The van der Waals surface area contributed by atoms with Gasteiger partial charge in [0.2, 0.25) is 16.5 Å². The fourth-order valence-corrected chi connectivity index (χ4v) is 6.42. The number of aryl methyl sites for hydroxylation is 1. The molecule has 0 radical (unpaired) electrons. The molecule has 15 nitrogen and oxygen atoms in total. The zero-order valence-electron chi connectivity index (χ0n) is 19.8. The molecule has 3 N–H and O–H groups in total. The van der Waals surface area contributed by atoms with Crippen LogP contribution in [-0.4, -0.2) is 93.3 Å². The molecule has 17 heteroatoms. The van der Waals surface area contributed by atoms with Crippen molar-refractivity contribution < 1.29 is 38.6 Å². The number of fused-ring (bicyclic) bond motifs is 1. The summed E-state index contributed by atoms with van der Waals surface area (Å²) in [7, 11) is 1.66. The van der Waals surface area contributed by atoms with Gasteiger partial charge in [0.25, 0.3) is 11.8 Å². The van der Waals surface area contributed by atoms with Gasteiger partial charge in [-0.15, -0.1) is 16.9 Å². The molecule has 2 aliphatic heterocycles. The number of nitrogens with one attached hydrogen (secondary N) is 1. The number of oxime groups is 1. The summed E-state index contributed by atoms with van der Waals surface area (Å²) in [6.07, 6.45) is 2.44. The highest BCUT2D eigenvalue weighted by Gasteiger charge is 2.54. The number of β-lactam (4-membered cyclic amide) rings is 1. The van der Waals surface area contributed by atoms with Crippen molar-refractivity contribution in [2.45, 2.75) is 41.4 Å². The van der Waals surface area contributed by atoms with Crippen molar-refractivity contribution in [3.8, 4) is 0 Å². The molecule has 0 spiro atoms. The van der Waals surface area contributed by atoms with Gasteiger partial charge in [0.15, 0.2) is 5.76 Å². The molecule has 0 aromatic carbocycles. The van der Waals surface area contributed by atoms with Crippen molar-refractivity contribution in [3.05, 3.63) is 35.4 Å². The first-order valence-corrected chi connectivity index (χ1v) is 13.3. The number of furan rings is 1. The molecule has 2 amide bonds. The third-order valence-electron chi connectivity index (χ3n) is 6.33. The van der Waals surface area contributed by atoms with Gasteiger partial charge in [-0.1, -0.05) is 16.9 Å². The van der Waals surface area contributed by atoms with Gasteiger partial charge >= 0.3 is 11.9 Å². The third kappa shape index (κ3) is 4.51. The second-order valence-electron chi connectivity index (χ2n) is 8.65. The summed E-state index contributed by atoms with van der Waals surface area (Å²) in [6, 6.07) is 1.93. The summed E-state index contributed by atoms with van der Waals surface area (Å²) in [5.41, 5.74) is -1.46. The highest BCUT2D eigenvalue weighted by Crippen LogP contribution is 2.41. The maximum Gasteiger partial charge on any atom is 0.352 e. The Morgan fingerprint density at radius 3 is 2.74 bits per heavy atom. The summed E-state index contributed by atoms with van der Waals surface area (Å²) in [4.78, 5) is 56.3. The van der Waals surface area contributed by atoms with E-state index >= 15 is 0 Å². The Morgan fingerprint density at radius 2 is 2.16 bits per heavy atom. The van der Waals surface area contributed by atoms with Gasteiger partial charge < -0.3 is 24.8 Å². The van der Waals surface area contributed by atoms with Crippen LogP contribution in [0.25, 0.3) is 0 Å². The number of nitrogens with zero attached hydrogens (tertiary/aromatic N) is 6. The Hall–Kier alpha value is -3.86. The number of aromatic nitrogens is 4. The molecule has 5 rings (SSSR count).